The lowest BCUT2D eigenvalue weighted by atomic mass is 10.1. The second kappa shape index (κ2) is 10.7. The van der Waals surface area contributed by atoms with Crippen LogP contribution in [0.1, 0.15) is 25.0 Å². The summed E-state index contributed by atoms with van der Waals surface area (Å²) in [4.78, 5) is 28.5. The van der Waals surface area contributed by atoms with Gasteiger partial charge in [0, 0.05) is 19.3 Å². The van der Waals surface area contributed by atoms with Crippen molar-refractivity contribution in [3.05, 3.63) is 59.4 Å². The number of ether oxygens (including phenoxy) is 1. The molecule has 2 amide bonds. The Kier molecular flexibility index (Phi) is 8.35. The van der Waals surface area contributed by atoms with Crippen molar-refractivity contribution >= 4 is 17.5 Å². The van der Waals surface area contributed by atoms with Crippen LogP contribution in [0.25, 0.3) is 0 Å². The van der Waals surface area contributed by atoms with Gasteiger partial charge in [-0.1, -0.05) is 30.7 Å². The molecule has 0 aliphatic carbocycles. The molecule has 6 nitrogen and oxygen atoms in total. The van der Waals surface area contributed by atoms with E-state index in [4.69, 9.17) is 4.74 Å². The molecule has 162 valence electrons. The fourth-order valence-electron chi connectivity index (χ4n) is 3.17. The second-order valence-electron chi connectivity index (χ2n) is 7.32. The first kappa shape index (κ1) is 23.3. The third-order valence-corrected chi connectivity index (χ3v) is 5.01. The number of hydrogen-bond acceptors (Lipinski definition) is 4. The zero-order chi connectivity index (χ0) is 22.3. The van der Waals surface area contributed by atoms with Crippen molar-refractivity contribution < 1.29 is 18.7 Å². The Balaban J connectivity index is 1.96. The van der Waals surface area contributed by atoms with Crippen molar-refractivity contribution in [2.75, 3.05) is 32.6 Å². The van der Waals surface area contributed by atoms with Gasteiger partial charge in [-0.25, -0.2) is 4.39 Å². The largest absolute Gasteiger partial charge is 0.494 e. The zero-order valence-electron chi connectivity index (χ0n) is 18.2. The van der Waals surface area contributed by atoms with E-state index in [1.807, 2.05) is 43.0 Å². The van der Waals surface area contributed by atoms with Gasteiger partial charge in [0.15, 0.2) is 11.6 Å². The van der Waals surface area contributed by atoms with Gasteiger partial charge >= 0.3 is 0 Å². The first-order valence-electron chi connectivity index (χ1n) is 9.93. The van der Waals surface area contributed by atoms with Crippen molar-refractivity contribution in [3.8, 4) is 5.75 Å². The van der Waals surface area contributed by atoms with Gasteiger partial charge in [0.25, 0.3) is 0 Å². The molecule has 0 aliphatic rings. The second-order valence-corrected chi connectivity index (χ2v) is 7.32. The molecule has 0 radical (unpaired) electrons. The Bertz CT molecular complexity index is 870. The predicted octanol–water partition coefficient (Wildman–Crippen LogP) is 3.45. The maximum Gasteiger partial charge on any atom is 0.243 e. The highest BCUT2D eigenvalue weighted by atomic mass is 19.1. The predicted molar refractivity (Wildman–Crippen MR) is 116 cm³/mol. The number of benzene rings is 2. The summed E-state index contributed by atoms with van der Waals surface area (Å²) in [6.45, 7) is 6.66. The van der Waals surface area contributed by atoms with E-state index in [-0.39, 0.29) is 24.1 Å². The van der Waals surface area contributed by atoms with E-state index in [0.29, 0.717) is 18.8 Å². The number of hydrogen-bond donors (Lipinski definition) is 1. The normalized spacial score (nSPS) is 11.8. The highest BCUT2D eigenvalue weighted by molar-refractivity contribution is 5.95. The van der Waals surface area contributed by atoms with E-state index in [2.05, 4.69) is 5.32 Å². The monoisotopic (exact) mass is 415 g/mol. The average Bonchev–Trinajstić information content (AvgIpc) is 2.72. The number of likely N-dealkylation sites (N-methyl/N-ethyl adjacent to an activating group) is 2. The van der Waals surface area contributed by atoms with Gasteiger partial charge in [-0.15, -0.1) is 0 Å². The summed E-state index contributed by atoms with van der Waals surface area (Å²) in [6.07, 6.45) is 0. The van der Waals surface area contributed by atoms with Crippen molar-refractivity contribution in [1.29, 1.82) is 0 Å². The SMILES string of the molecule is CCN(Cc1ccc(OC)c(F)c1)[C@@H](C)C(=O)N(C)CC(=O)Nc1ccc(C)cc1. The summed E-state index contributed by atoms with van der Waals surface area (Å²) < 4.78 is 18.9. The molecule has 30 heavy (non-hydrogen) atoms. The van der Waals surface area contributed by atoms with E-state index in [1.165, 1.54) is 18.1 Å². The molecular formula is C23H30FN3O3. The van der Waals surface area contributed by atoms with Crippen LogP contribution in [-0.4, -0.2) is 54.9 Å². The van der Waals surface area contributed by atoms with Crippen molar-refractivity contribution in [1.82, 2.24) is 9.80 Å². The van der Waals surface area contributed by atoms with E-state index in [1.54, 1.807) is 26.1 Å². The molecule has 0 heterocycles. The summed E-state index contributed by atoms with van der Waals surface area (Å²) in [6, 6.07) is 11.8. The summed E-state index contributed by atoms with van der Waals surface area (Å²) in [5.41, 5.74) is 2.54. The van der Waals surface area contributed by atoms with Gasteiger partial charge in [-0.3, -0.25) is 14.5 Å². The first-order chi connectivity index (χ1) is 14.2. The molecule has 0 fully saturated rings. The molecule has 2 aromatic carbocycles. The van der Waals surface area contributed by atoms with Crippen LogP contribution in [0.4, 0.5) is 10.1 Å². The Labute approximate surface area is 177 Å². The van der Waals surface area contributed by atoms with Gasteiger partial charge in [-0.05, 0) is 50.2 Å². The van der Waals surface area contributed by atoms with Gasteiger partial charge < -0.3 is 15.0 Å². The van der Waals surface area contributed by atoms with Gasteiger partial charge in [0.2, 0.25) is 11.8 Å². The maximum absolute atomic E-state index is 14.0. The van der Waals surface area contributed by atoms with Crippen LogP contribution in [0, 0.1) is 12.7 Å². The lowest BCUT2D eigenvalue weighted by Crippen LogP contribution is -2.47. The smallest absolute Gasteiger partial charge is 0.243 e. The number of carbonyl (C=O) groups excluding carboxylic acids is 2. The van der Waals surface area contributed by atoms with Gasteiger partial charge in [-0.2, -0.15) is 0 Å². The minimum absolute atomic E-state index is 0.0498. The zero-order valence-corrected chi connectivity index (χ0v) is 18.2. The molecule has 0 saturated heterocycles. The molecule has 0 aliphatic heterocycles. The molecule has 1 N–H and O–H groups in total. The van der Waals surface area contributed by atoms with Crippen LogP contribution >= 0.6 is 0 Å². The summed E-state index contributed by atoms with van der Waals surface area (Å²) in [7, 11) is 3.02. The highest BCUT2D eigenvalue weighted by Gasteiger charge is 2.25. The molecule has 0 spiro atoms. The third kappa shape index (κ3) is 6.29. The minimum Gasteiger partial charge on any atom is -0.494 e. The number of rotatable bonds is 9. The third-order valence-electron chi connectivity index (χ3n) is 5.01. The van der Waals surface area contributed by atoms with Crippen molar-refractivity contribution in [3.63, 3.8) is 0 Å². The highest BCUT2D eigenvalue weighted by Crippen LogP contribution is 2.19. The topological polar surface area (TPSA) is 61.9 Å². The van der Waals surface area contributed by atoms with Crippen molar-refractivity contribution in [2.45, 2.75) is 33.4 Å². The molecular weight excluding hydrogens is 385 g/mol. The molecule has 2 aromatic rings. The lowest BCUT2D eigenvalue weighted by Gasteiger charge is -2.30. The van der Waals surface area contributed by atoms with Gasteiger partial charge in [0.05, 0.1) is 19.7 Å². The Hall–Kier alpha value is -2.93. The molecule has 0 aromatic heterocycles. The molecule has 7 heteroatoms. The number of amides is 2. The fourth-order valence-corrected chi connectivity index (χ4v) is 3.17. The summed E-state index contributed by atoms with van der Waals surface area (Å²) in [5, 5.41) is 2.79. The standard InChI is InChI=1S/C23H30FN3O3/c1-6-27(14-18-9-12-21(30-5)20(24)13-18)17(3)23(29)26(4)15-22(28)25-19-10-7-16(2)8-11-19/h7-13,17H,6,14-15H2,1-5H3,(H,25,28)/t17-/m0/s1. The maximum atomic E-state index is 14.0. The molecule has 2 rings (SSSR count). The van der Waals surface area contributed by atoms with E-state index < -0.39 is 11.9 Å². The summed E-state index contributed by atoms with van der Waals surface area (Å²) >= 11 is 0. The van der Waals surface area contributed by atoms with E-state index in [9.17, 15) is 14.0 Å². The minimum atomic E-state index is -0.461. The van der Waals surface area contributed by atoms with Crippen LogP contribution in [-0.2, 0) is 16.1 Å². The number of anilines is 1. The first-order valence-corrected chi connectivity index (χ1v) is 9.93. The average molecular weight is 416 g/mol. The van der Waals surface area contributed by atoms with Gasteiger partial charge in [0.1, 0.15) is 0 Å². The number of carbonyl (C=O) groups is 2. The quantitative estimate of drug-likeness (QED) is 0.682. The summed E-state index contributed by atoms with van der Waals surface area (Å²) in [5.74, 6) is -0.688. The van der Waals surface area contributed by atoms with E-state index in [0.717, 1.165) is 11.1 Å². The molecule has 0 unspecified atom stereocenters. The fraction of sp³-hybridized carbons (Fsp3) is 0.391. The van der Waals surface area contributed by atoms with Crippen molar-refractivity contribution in [2.24, 2.45) is 0 Å². The number of aryl methyl sites for hydroxylation is 1. The Morgan fingerprint density at radius 3 is 2.40 bits per heavy atom. The van der Waals surface area contributed by atoms with Crippen LogP contribution in [0.3, 0.4) is 0 Å². The number of nitrogens with one attached hydrogen (secondary N) is 1. The van der Waals surface area contributed by atoms with E-state index >= 15 is 0 Å². The molecule has 0 bridgehead atoms. The molecule has 1 atom stereocenters. The lowest BCUT2D eigenvalue weighted by molar-refractivity contribution is -0.137. The van der Waals surface area contributed by atoms with Crippen LogP contribution in [0.5, 0.6) is 5.75 Å². The van der Waals surface area contributed by atoms with Crippen LogP contribution < -0.4 is 10.1 Å². The van der Waals surface area contributed by atoms with Crippen LogP contribution in [0.2, 0.25) is 0 Å². The van der Waals surface area contributed by atoms with Crippen LogP contribution in [0.15, 0.2) is 42.5 Å². The molecule has 0 saturated carbocycles. The number of nitrogens with zero attached hydrogens (tertiary/aromatic N) is 2. The Morgan fingerprint density at radius 2 is 1.83 bits per heavy atom. The number of halogens is 1. The number of methoxy groups -OCH3 is 1. The Morgan fingerprint density at radius 1 is 1.17 bits per heavy atom.